The Hall–Kier alpha value is -2.18. The third kappa shape index (κ3) is 2.85. The lowest BCUT2D eigenvalue weighted by Crippen LogP contribution is -2.41. The maximum absolute atomic E-state index is 13.1. The summed E-state index contributed by atoms with van der Waals surface area (Å²) in [6, 6.07) is 15.6. The Morgan fingerprint density at radius 3 is 2.28 bits per heavy atom. The van der Waals surface area contributed by atoms with Gasteiger partial charge in [-0.25, -0.2) is 13.2 Å². The molecule has 1 fully saturated rings. The molecule has 0 saturated heterocycles. The first-order valence-electron chi connectivity index (χ1n) is 8.15. The van der Waals surface area contributed by atoms with Gasteiger partial charge in [-0.15, -0.1) is 0 Å². The highest BCUT2D eigenvalue weighted by molar-refractivity contribution is 7.92. The van der Waals surface area contributed by atoms with E-state index in [4.69, 9.17) is 10.5 Å². The minimum atomic E-state index is -3.78. The third-order valence-electron chi connectivity index (χ3n) is 4.65. The summed E-state index contributed by atoms with van der Waals surface area (Å²) in [5, 5.41) is -1.04. The molecule has 25 heavy (non-hydrogen) atoms. The van der Waals surface area contributed by atoms with Gasteiger partial charge in [-0.3, -0.25) is 0 Å². The Bertz CT molecular complexity index is 877. The van der Waals surface area contributed by atoms with Crippen LogP contribution >= 0.6 is 0 Å². The number of sulfone groups is 1. The van der Waals surface area contributed by atoms with Gasteiger partial charge >= 0.3 is 5.97 Å². The molecule has 3 rings (SSSR count). The molecule has 1 aliphatic rings. The zero-order chi connectivity index (χ0) is 18.2. The average molecular weight is 359 g/mol. The fraction of sp³-hybridized carbons (Fsp3) is 0.316. The number of hydrogen-bond donors (Lipinski definition) is 1. The van der Waals surface area contributed by atoms with Gasteiger partial charge < -0.3 is 10.5 Å². The highest BCUT2D eigenvalue weighted by Crippen LogP contribution is 2.56. The van der Waals surface area contributed by atoms with Crippen LogP contribution in [0.5, 0.6) is 0 Å². The molecule has 0 aliphatic heterocycles. The van der Waals surface area contributed by atoms with Gasteiger partial charge in [0.25, 0.3) is 0 Å². The first-order valence-corrected chi connectivity index (χ1v) is 9.69. The molecular weight excluding hydrogens is 338 g/mol. The number of esters is 1. The quantitative estimate of drug-likeness (QED) is 0.827. The van der Waals surface area contributed by atoms with Gasteiger partial charge in [0.1, 0.15) is 10.8 Å². The lowest BCUT2D eigenvalue weighted by atomic mass is 10.1. The molecule has 0 unspecified atom stereocenters. The second-order valence-corrected chi connectivity index (χ2v) is 8.39. The van der Waals surface area contributed by atoms with Crippen LogP contribution in [0.1, 0.15) is 24.0 Å². The van der Waals surface area contributed by atoms with Crippen LogP contribution in [-0.4, -0.2) is 31.8 Å². The molecule has 6 heteroatoms. The van der Waals surface area contributed by atoms with Crippen LogP contribution in [0.25, 0.3) is 0 Å². The lowest BCUT2D eigenvalue weighted by molar-refractivity contribution is -0.145. The highest BCUT2D eigenvalue weighted by atomic mass is 32.2. The summed E-state index contributed by atoms with van der Waals surface area (Å²) in [7, 11) is -3.78. The maximum Gasteiger partial charge on any atom is 0.328 e. The third-order valence-corrected chi connectivity index (χ3v) is 6.91. The zero-order valence-corrected chi connectivity index (χ0v) is 15.0. The summed E-state index contributed by atoms with van der Waals surface area (Å²) < 4.78 is 31.3. The van der Waals surface area contributed by atoms with E-state index in [9.17, 15) is 13.2 Å². The normalized spacial score (nSPS) is 25.4. The Kier molecular flexibility index (Phi) is 4.43. The van der Waals surface area contributed by atoms with E-state index < -0.39 is 32.5 Å². The fourth-order valence-corrected chi connectivity index (χ4v) is 5.52. The summed E-state index contributed by atoms with van der Waals surface area (Å²) >= 11 is 0. The number of hydrogen-bond acceptors (Lipinski definition) is 5. The fourth-order valence-electron chi connectivity index (χ4n) is 3.29. The van der Waals surface area contributed by atoms with Crippen molar-refractivity contribution in [1.29, 1.82) is 0 Å². The van der Waals surface area contributed by atoms with Gasteiger partial charge in [0, 0.05) is 5.92 Å². The summed E-state index contributed by atoms with van der Waals surface area (Å²) in [5.41, 5.74) is 6.41. The molecule has 1 saturated carbocycles. The van der Waals surface area contributed by atoms with E-state index in [0.29, 0.717) is 0 Å². The van der Waals surface area contributed by atoms with Crippen molar-refractivity contribution >= 4 is 15.8 Å². The van der Waals surface area contributed by atoms with Crippen LogP contribution in [0.3, 0.4) is 0 Å². The van der Waals surface area contributed by atoms with Crippen molar-refractivity contribution in [2.75, 3.05) is 6.61 Å². The summed E-state index contributed by atoms with van der Waals surface area (Å²) in [6.07, 6.45) is 0. The summed E-state index contributed by atoms with van der Waals surface area (Å²) in [6.45, 7) is 3.70. The summed E-state index contributed by atoms with van der Waals surface area (Å²) in [4.78, 5) is 12.6. The zero-order valence-electron chi connectivity index (χ0n) is 14.2. The minimum Gasteiger partial charge on any atom is -0.465 e. The van der Waals surface area contributed by atoms with Crippen molar-refractivity contribution in [3.05, 3.63) is 65.7 Å². The van der Waals surface area contributed by atoms with Crippen molar-refractivity contribution in [1.82, 2.24) is 0 Å². The number of rotatable bonds is 5. The van der Waals surface area contributed by atoms with Gasteiger partial charge in [0.2, 0.25) is 0 Å². The van der Waals surface area contributed by atoms with Crippen LogP contribution in [0, 0.1) is 6.92 Å². The number of ether oxygens (including phenoxy) is 1. The highest BCUT2D eigenvalue weighted by Gasteiger charge is 2.74. The number of aryl methyl sites for hydroxylation is 1. The van der Waals surface area contributed by atoms with E-state index in [-0.39, 0.29) is 11.5 Å². The summed E-state index contributed by atoms with van der Waals surface area (Å²) in [5.74, 6) is -1.30. The van der Waals surface area contributed by atoms with E-state index >= 15 is 0 Å². The van der Waals surface area contributed by atoms with Crippen LogP contribution in [-0.2, 0) is 19.4 Å². The van der Waals surface area contributed by atoms with Gasteiger partial charge in [0.05, 0.1) is 11.5 Å². The minimum absolute atomic E-state index is 0.149. The number of nitrogens with two attached hydrogens (primary N) is 1. The number of benzene rings is 2. The first-order chi connectivity index (χ1) is 11.8. The average Bonchev–Trinajstić information content (AvgIpc) is 3.25. The SMILES string of the molecule is CCOC(=O)[C@]1(N)[C@H](c2ccccc2)[C@H]1S(=O)(=O)c1ccc(C)cc1. The second-order valence-electron chi connectivity index (χ2n) is 6.32. The van der Waals surface area contributed by atoms with E-state index in [1.165, 1.54) is 0 Å². The second kappa shape index (κ2) is 6.28. The number of carbonyl (C=O) groups is 1. The molecule has 1 aliphatic carbocycles. The van der Waals surface area contributed by atoms with Crippen molar-refractivity contribution in [2.45, 2.75) is 35.4 Å². The molecule has 0 amide bonds. The van der Waals surface area contributed by atoms with Crippen LogP contribution in [0.15, 0.2) is 59.5 Å². The Labute approximate surface area is 147 Å². The topological polar surface area (TPSA) is 86.5 Å². The lowest BCUT2D eigenvalue weighted by Gasteiger charge is -2.11. The van der Waals surface area contributed by atoms with Crippen molar-refractivity contribution in [3.63, 3.8) is 0 Å². The Morgan fingerprint density at radius 1 is 1.12 bits per heavy atom. The Balaban J connectivity index is 2.05. The van der Waals surface area contributed by atoms with E-state index in [2.05, 4.69) is 0 Å². The van der Waals surface area contributed by atoms with Crippen LogP contribution in [0.4, 0.5) is 0 Å². The largest absolute Gasteiger partial charge is 0.465 e. The molecule has 0 heterocycles. The van der Waals surface area contributed by atoms with Gasteiger partial charge in [0.15, 0.2) is 9.84 Å². The van der Waals surface area contributed by atoms with E-state index in [0.717, 1.165) is 11.1 Å². The van der Waals surface area contributed by atoms with Crippen molar-refractivity contribution < 1.29 is 17.9 Å². The molecule has 0 spiro atoms. The maximum atomic E-state index is 13.1. The van der Waals surface area contributed by atoms with E-state index in [1.807, 2.05) is 13.0 Å². The monoisotopic (exact) mass is 359 g/mol. The smallest absolute Gasteiger partial charge is 0.328 e. The molecule has 2 aromatic rings. The van der Waals surface area contributed by atoms with E-state index in [1.54, 1.807) is 55.5 Å². The van der Waals surface area contributed by atoms with Crippen molar-refractivity contribution in [3.8, 4) is 0 Å². The molecule has 0 aromatic heterocycles. The molecule has 3 atom stereocenters. The van der Waals surface area contributed by atoms with Crippen molar-refractivity contribution in [2.24, 2.45) is 5.73 Å². The Morgan fingerprint density at radius 2 is 1.72 bits per heavy atom. The molecule has 0 bridgehead atoms. The van der Waals surface area contributed by atoms with Gasteiger partial charge in [-0.1, -0.05) is 48.0 Å². The predicted molar refractivity (Wildman–Crippen MR) is 94.9 cm³/mol. The standard InChI is InChI=1S/C19H21NO4S/c1-3-24-18(21)19(20)16(14-7-5-4-6-8-14)17(19)25(22,23)15-11-9-13(2)10-12-15/h4-12,16-17H,3,20H2,1-2H3/t16-,17-,19+/m1/s1. The molecule has 2 N–H and O–H groups in total. The van der Waals surface area contributed by atoms with Gasteiger partial charge in [-0.05, 0) is 31.5 Å². The first kappa shape index (κ1) is 17.6. The molecule has 5 nitrogen and oxygen atoms in total. The molecular formula is C19H21NO4S. The molecule has 132 valence electrons. The van der Waals surface area contributed by atoms with Crippen LogP contribution < -0.4 is 5.73 Å². The molecule has 2 aromatic carbocycles. The van der Waals surface area contributed by atoms with Gasteiger partial charge in [-0.2, -0.15) is 0 Å². The predicted octanol–water partition coefficient (Wildman–Crippen LogP) is 2.20. The van der Waals surface area contributed by atoms with Crippen LogP contribution in [0.2, 0.25) is 0 Å². The number of carbonyl (C=O) groups excluding carboxylic acids is 1. The molecule has 0 radical (unpaired) electrons.